The van der Waals surface area contributed by atoms with Gasteiger partial charge in [0.05, 0.1) is 12.1 Å². The second-order valence-electron chi connectivity index (χ2n) is 5.89. The Bertz CT molecular complexity index is 903. The van der Waals surface area contributed by atoms with Crippen LogP contribution in [0.2, 0.25) is 0 Å². The number of amides is 1. The lowest BCUT2D eigenvalue weighted by Crippen LogP contribution is -2.42. The highest BCUT2D eigenvalue weighted by Gasteiger charge is 2.24. The van der Waals surface area contributed by atoms with Crippen LogP contribution >= 0.6 is 11.3 Å². The summed E-state index contributed by atoms with van der Waals surface area (Å²) in [7, 11) is 1.60. The fraction of sp³-hybridized carbons (Fsp3) is 0.278. The predicted octanol–water partition coefficient (Wildman–Crippen LogP) is 3.16. The van der Waals surface area contributed by atoms with Crippen molar-refractivity contribution >= 4 is 32.3 Å². The van der Waals surface area contributed by atoms with Crippen molar-refractivity contribution < 1.29 is 9.53 Å². The number of rotatable bonds is 5. The van der Waals surface area contributed by atoms with Gasteiger partial charge < -0.3 is 15.0 Å². The third-order valence-corrected chi connectivity index (χ3v) is 5.32. The van der Waals surface area contributed by atoms with Gasteiger partial charge in [0.25, 0.3) is 5.91 Å². The Morgan fingerprint density at radius 1 is 1.32 bits per heavy atom. The number of thiophene rings is 1. The van der Waals surface area contributed by atoms with Gasteiger partial charge in [0, 0.05) is 48.2 Å². The summed E-state index contributed by atoms with van der Waals surface area (Å²) in [4.78, 5) is 22.9. The second-order valence-corrected chi connectivity index (χ2v) is 6.97. The molecular formula is C18H18N4O2S. The number of carbonyl (C=O) groups excluding carboxylic acids is 1. The Kier molecular flexibility index (Phi) is 4.23. The maximum absolute atomic E-state index is 12.5. The molecule has 25 heavy (non-hydrogen) atoms. The number of hydrogen-bond acceptors (Lipinski definition) is 6. The summed E-state index contributed by atoms with van der Waals surface area (Å²) in [5.74, 6) is 0.631. The molecule has 4 rings (SSSR count). The van der Waals surface area contributed by atoms with E-state index in [1.165, 1.54) is 0 Å². The molecule has 1 aliphatic rings. The van der Waals surface area contributed by atoms with E-state index in [0.717, 1.165) is 40.2 Å². The lowest BCUT2D eigenvalue weighted by atomic mass is 10.1. The number of methoxy groups -OCH3 is 1. The monoisotopic (exact) mass is 354 g/mol. The molecule has 4 heterocycles. The summed E-state index contributed by atoms with van der Waals surface area (Å²) in [6, 6.07) is 7.78. The van der Waals surface area contributed by atoms with E-state index >= 15 is 0 Å². The number of anilines is 1. The lowest BCUT2D eigenvalue weighted by Gasteiger charge is -2.30. The normalized spacial score (nSPS) is 13.6. The van der Waals surface area contributed by atoms with E-state index in [0.29, 0.717) is 18.1 Å². The highest BCUT2D eigenvalue weighted by Crippen LogP contribution is 2.32. The number of fused-ring (bicyclic) bond motifs is 1. The Balaban J connectivity index is 1.53. The number of hydrogen-bond donors (Lipinski definition) is 1. The molecule has 0 spiro atoms. The third kappa shape index (κ3) is 3.15. The molecule has 0 aliphatic carbocycles. The SMILES string of the molecule is COc1ccc(CNc2cc3c(C(=O)N4CCC4)nccc3s2)cn1. The van der Waals surface area contributed by atoms with Gasteiger partial charge in [-0.05, 0) is 24.1 Å². The molecule has 6 nitrogen and oxygen atoms in total. The third-order valence-electron chi connectivity index (χ3n) is 4.26. The zero-order chi connectivity index (χ0) is 17.2. The molecule has 1 saturated heterocycles. The van der Waals surface area contributed by atoms with Gasteiger partial charge in [-0.3, -0.25) is 9.78 Å². The molecule has 3 aromatic heterocycles. The summed E-state index contributed by atoms with van der Waals surface area (Å²) in [6.07, 6.45) is 4.58. The van der Waals surface area contributed by atoms with Crippen molar-refractivity contribution in [2.45, 2.75) is 13.0 Å². The summed E-state index contributed by atoms with van der Waals surface area (Å²) in [5.41, 5.74) is 1.61. The summed E-state index contributed by atoms with van der Waals surface area (Å²) < 4.78 is 6.13. The minimum atomic E-state index is 0.0283. The maximum Gasteiger partial charge on any atom is 0.273 e. The van der Waals surface area contributed by atoms with Gasteiger partial charge in [-0.25, -0.2) is 4.98 Å². The van der Waals surface area contributed by atoms with E-state index in [1.807, 2.05) is 29.2 Å². The summed E-state index contributed by atoms with van der Waals surface area (Å²) in [6.45, 7) is 2.32. The van der Waals surface area contributed by atoms with Crippen LogP contribution in [0.5, 0.6) is 5.88 Å². The van der Waals surface area contributed by atoms with E-state index in [4.69, 9.17) is 4.74 Å². The largest absolute Gasteiger partial charge is 0.481 e. The highest BCUT2D eigenvalue weighted by atomic mass is 32.1. The van der Waals surface area contributed by atoms with Gasteiger partial charge in [-0.2, -0.15) is 0 Å². The molecule has 0 atom stereocenters. The predicted molar refractivity (Wildman–Crippen MR) is 98.3 cm³/mol. The van der Waals surface area contributed by atoms with Gasteiger partial charge in [-0.15, -0.1) is 11.3 Å². The molecule has 1 N–H and O–H groups in total. The lowest BCUT2D eigenvalue weighted by molar-refractivity contribution is 0.0648. The van der Waals surface area contributed by atoms with Crippen molar-refractivity contribution in [3.05, 3.63) is 47.9 Å². The van der Waals surface area contributed by atoms with Crippen LogP contribution in [-0.4, -0.2) is 41.0 Å². The molecule has 0 aromatic carbocycles. The Morgan fingerprint density at radius 2 is 2.20 bits per heavy atom. The molecule has 0 unspecified atom stereocenters. The Hall–Kier alpha value is -2.67. The number of nitrogens with one attached hydrogen (secondary N) is 1. The number of pyridine rings is 2. The van der Waals surface area contributed by atoms with Gasteiger partial charge in [0.2, 0.25) is 5.88 Å². The first-order chi connectivity index (χ1) is 12.2. The minimum Gasteiger partial charge on any atom is -0.481 e. The molecule has 7 heteroatoms. The Labute approximate surface area is 149 Å². The maximum atomic E-state index is 12.5. The van der Waals surface area contributed by atoms with Crippen molar-refractivity contribution in [3.8, 4) is 5.88 Å². The first-order valence-corrected chi connectivity index (χ1v) is 8.97. The van der Waals surface area contributed by atoms with Crippen LogP contribution in [0.3, 0.4) is 0 Å². The van der Waals surface area contributed by atoms with E-state index in [9.17, 15) is 4.79 Å². The number of ether oxygens (including phenoxy) is 1. The molecule has 0 saturated carbocycles. The fourth-order valence-electron chi connectivity index (χ4n) is 2.72. The smallest absolute Gasteiger partial charge is 0.273 e. The fourth-order valence-corrected chi connectivity index (χ4v) is 3.67. The zero-order valence-corrected chi connectivity index (χ0v) is 14.7. The molecule has 1 fully saturated rings. The van der Waals surface area contributed by atoms with Gasteiger partial charge in [0.15, 0.2) is 0 Å². The first-order valence-electron chi connectivity index (χ1n) is 8.15. The molecule has 0 bridgehead atoms. The van der Waals surface area contributed by atoms with Crippen molar-refractivity contribution in [3.63, 3.8) is 0 Å². The van der Waals surface area contributed by atoms with E-state index in [2.05, 4.69) is 15.3 Å². The van der Waals surface area contributed by atoms with Crippen LogP contribution in [0.1, 0.15) is 22.5 Å². The van der Waals surface area contributed by atoms with Crippen molar-refractivity contribution in [2.75, 3.05) is 25.5 Å². The molecule has 1 amide bonds. The van der Waals surface area contributed by atoms with Crippen molar-refractivity contribution in [2.24, 2.45) is 0 Å². The molecule has 3 aromatic rings. The average Bonchev–Trinajstić information content (AvgIpc) is 3.01. The van der Waals surface area contributed by atoms with Gasteiger partial charge in [-0.1, -0.05) is 6.07 Å². The topological polar surface area (TPSA) is 67.3 Å². The number of aromatic nitrogens is 2. The zero-order valence-electron chi connectivity index (χ0n) is 13.9. The molecular weight excluding hydrogens is 336 g/mol. The van der Waals surface area contributed by atoms with Crippen molar-refractivity contribution in [1.29, 1.82) is 0 Å². The summed E-state index contributed by atoms with van der Waals surface area (Å²) >= 11 is 1.63. The second kappa shape index (κ2) is 6.68. The Morgan fingerprint density at radius 3 is 2.88 bits per heavy atom. The number of carbonyl (C=O) groups is 1. The van der Waals surface area contributed by atoms with Crippen molar-refractivity contribution in [1.82, 2.24) is 14.9 Å². The quantitative estimate of drug-likeness (QED) is 0.762. The molecule has 1 aliphatic heterocycles. The van der Waals surface area contributed by atoms with E-state index < -0.39 is 0 Å². The minimum absolute atomic E-state index is 0.0283. The van der Waals surface area contributed by atoms with Crippen LogP contribution in [0.25, 0.3) is 10.1 Å². The van der Waals surface area contributed by atoms with Gasteiger partial charge in [0.1, 0.15) is 5.69 Å². The number of likely N-dealkylation sites (tertiary alicyclic amines) is 1. The number of nitrogens with zero attached hydrogens (tertiary/aromatic N) is 3. The van der Waals surface area contributed by atoms with E-state index in [-0.39, 0.29) is 5.91 Å². The van der Waals surface area contributed by atoms with Crippen LogP contribution in [0, 0.1) is 0 Å². The van der Waals surface area contributed by atoms with Gasteiger partial charge >= 0.3 is 0 Å². The average molecular weight is 354 g/mol. The summed E-state index contributed by atoms with van der Waals surface area (Å²) in [5, 5.41) is 5.32. The molecule has 0 radical (unpaired) electrons. The van der Waals surface area contributed by atoms with Crippen LogP contribution in [0.15, 0.2) is 36.7 Å². The van der Waals surface area contributed by atoms with Crippen LogP contribution in [0.4, 0.5) is 5.00 Å². The van der Waals surface area contributed by atoms with Crippen LogP contribution in [-0.2, 0) is 6.54 Å². The molecule has 128 valence electrons. The highest BCUT2D eigenvalue weighted by molar-refractivity contribution is 7.22. The van der Waals surface area contributed by atoms with E-state index in [1.54, 1.807) is 30.8 Å². The first kappa shape index (κ1) is 15.8. The standard InChI is InChI=1S/C18H18N4O2S/c1-24-15-4-3-12(10-20-15)11-21-16-9-13-14(25-16)5-6-19-17(13)18(23)22-7-2-8-22/h3-6,9-10,21H,2,7-8,11H2,1H3. The van der Waals surface area contributed by atoms with Crippen LogP contribution < -0.4 is 10.1 Å².